The summed E-state index contributed by atoms with van der Waals surface area (Å²) in [7, 11) is 1.75. The lowest BCUT2D eigenvalue weighted by Crippen LogP contribution is -2.21. The molecule has 0 bridgehead atoms. The van der Waals surface area contributed by atoms with Crippen LogP contribution in [0.4, 0.5) is 4.39 Å². The van der Waals surface area contributed by atoms with Gasteiger partial charge in [-0.05, 0) is 17.7 Å². The lowest BCUT2D eigenvalue weighted by Gasteiger charge is -2.10. The normalized spacial score (nSPS) is 11.1. The fourth-order valence-corrected chi connectivity index (χ4v) is 1.70. The number of rotatable bonds is 6. The Hall–Kier alpha value is -1.95. The molecule has 6 heteroatoms. The number of hydrogen-bond donors (Lipinski definition) is 1. The Balaban J connectivity index is 2.00. The van der Waals surface area contributed by atoms with Crippen LogP contribution in [0.15, 0.2) is 24.5 Å². The Labute approximate surface area is 117 Å². The highest BCUT2D eigenvalue weighted by Crippen LogP contribution is 2.13. The van der Waals surface area contributed by atoms with Crippen molar-refractivity contribution in [2.75, 3.05) is 0 Å². The quantitative estimate of drug-likeness (QED) is 0.878. The second-order valence-electron chi connectivity index (χ2n) is 4.95. The minimum absolute atomic E-state index is 0.116. The van der Waals surface area contributed by atoms with E-state index < -0.39 is 0 Å². The van der Waals surface area contributed by atoms with Gasteiger partial charge in [-0.1, -0.05) is 19.9 Å². The van der Waals surface area contributed by atoms with Crippen molar-refractivity contribution >= 4 is 0 Å². The Morgan fingerprint density at radius 1 is 1.40 bits per heavy atom. The number of ether oxygens (including phenoxy) is 1. The molecule has 1 N–H and O–H groups in total. The van der Waals surface area contributed by atoms with Gasteiger partial charge < -0.3 is 10.1 Å². The zero-order chi connectivity index (χ0) is 14.5. The van der Waals surface area contributed by atoms with Gasteiger partial charge in [-0.2, -0.15) is 4.98 Å². The van der Waals surface area contributed by atoms with Crippen LogP contribution in [0.3, 0.4) is 0 Å². The molecule has 0 aliphatic rings. The van der Waals surface area contributed by atoms with Crippen LogP contribution in [0, 0.1) is 5.82 Å². The maximum Gasteiger partial charge on any atom is 0.335 e. The number of aryl methyl sites for hydroxylation is 1. The predicted octanol–water partition coefficient (Wildman–Crippen LogP) is 2.03. The number of nitrogens with one attached hydrogen (secondary N) is 1. The molecule has 0 spiro atoms. The van der Waals surface area contributed by atoms with Crippen LogP contribution in [-0.2, 0) is 20.2 Å². The van der Waals surface area contributed by atoms with E-state index in [0.717, 1.165) is 5.56 Å². The molecule has 20 heavy (non-hydrogen) atoms. The van der Waals surface area contributed by atoms with Crippen LogP contribution in [-0.4, -0.2) is 20.8 Å². The third-order valence-corrected chi connectivity index (χ3v) is 2.76. The third-order valence-electron chi connectivity index (χ3n) is 2.76. The molecule has 1 aromatic carbocycles. The van der Waals surface area contributed by atoms with Gasteiger partial charge in [-0.15, -0.1) is 5.10 Å². The summed E-state index contributed by atoms with van der Waals surface area (Å²) >= 11 is 0. The minimum Gasteiger partial charge on any atom is -0.457 e. The zero-order valence-corrected chi connectivity index (χ0v) is 11.9. The first-order chi connectivity index (χ1) is 9.54. The highest BCUT2D eigenvalue weighted by Gasteiger charge is 2.07. The Morgan fingerprint density at radius 3 is 2.85 bits per heavy atom. The molecule has 0 unspecified atom stereocenters. The van der Waals surface area contributed by atoms with Crippen molar-refractivity contribution in [2.45, 2.75) is 33.0 Å². The van der Waals surface area contributed by atoms with Crippen LogP contribution in [0.5, 0.6) is 6.01 Å². The van der Waals surface area contributed by atoms with Gasteiger partial charge in [-0.25, -0.2) is 4.39 Å². The first-order valence-corrected chi connectivity index (χ1v) is 6.53. The minimum atomic E-state index is -0.283. The predicted molar refractivity (Wildman–Crippen MR) is 73.7 cm³/mol. The fourth-order valence-electron chi connectivity index (χ4n) is 1.70. The van der Waals surface area contributed by atoms with Gasteiger partial charge in [0.25, 0.3) is 0 Å². The molecule has 5 nitrogen and oxygen atoms in total. The molecule has 108 valence electrons. The molecule has 0 aliphatic heterocycles. The topological polar surface area (TPSA) is 52.0 Å². The Kier molecular flexibility index (Phi) is 4.68. The smallest absolute Gasteiger partial charge is 0.335 e. The first-order valence-electron chi connectivity index (χ1n) is 6.53. The van der Waals surface area contributed by atoms with Gasteiger partial charge in [0.2, 0.25) is 0 Å². The monoisotopic (exact) mass is 278 g/mol. The second kappa shape index (κ2) is 6.47. The van der Waals surface area contributed by atoms with Crippen molar-refractivity contribution in [2.24, 2.45) is 7.05 Å². The van der Waals surface area contributed by atoms with Crippen LogP contribution in [0.25, 0.3) is 0 Å². The molecule has 1 heterocycles. The van der Waals surface area contributed by atoms with Crippen LogP contribution >= 0.6 is 0 Å². The molecule has 0 aliphatic carbocycles. The number of aromatic nitrogens is 3. The van der Waals surface area contributed by atoms with E-state index in [1.54, 1.807) is 19.2 Å². The highest BCUT2D eigenvalue weighted by atomic mass is 19.1. The molecule has 0 amide bonds. The van der Waals surface area contributed by atoms with Crippen LogP contribution in [0.1, 0.15) is 25.0 Å². The average Bonchev–Trinajstić information content (AvgIpc) is 2.82. The van der Waals surface area contributed by atoms with Gasteiger partial charge in [0, 0.05) is 25.2 Å². The van der Waals surface area contributed by atoms with Crippen molar-refractivity contribution in [1.29, 1.82) is 0 Å². The lowest BCUT2D eigenvalue weighted by atomic mass is 10.1. The molecule has 1 aromatic heterocycles. The van der Waals surface area contributed by atoms with E-state index in [9.17, 15) is 4.39 Å². The maximum atomic E-state index is 13.7. The van der Waals surface area contributed by atoms with E-state index in [4.69, 9.17) is 4.74 Å². The third kappa shape index (κ3) is 4.03. The molecule has 2 aromatic rings. The van der Waals surface area contributed by atoms with E-state index in [2.05, 4.69) is 29.2 Å². The van der Waals surface area contributed by atoms with E-state index in [1.807, 2.05) is 0 Å². The molecule has 0 fully saturated rings. The Morgan fingerprint density at radius 2 is 2.20 bits per heavy atom. The largest absolute Gasteiger partial charge is 0.457 e. The maximum absolute atomic E-state index is 13.7. The van der Waals surface area contributed by atoms with E-state index >= 15 is 0 Å². The van der Waals surface area contributed by atoms with Crippen molar-refractivity contribution < 1.29 is 9.13 Å². The molecular weight excluding hydrogens is 259 g/mol. The molecule has 0 saturated carbocycles. The molecule has 0 radical (unpaired) electrons. The number of benzene rings is 1. The number of nitrogens with zero attached hydrogens (tertiary/aromatic N) is 3. The van der Waals surface area contributed by atoms with Crippen LogP contribution < -0.4 is 10.1 Å². The van der Waals surface area contributed by atoms with Crippen molar-refractivity contribution in [1.82, 2.24) is 20.1 Å². The lowest BCUT2D eigenvalue weighted by molar-refractivity contribution is 0.274. The van der Waals surface area contributed by atoms with Gasteiger partial charge in [0.1, 0.15) is 18.8 Å². The highest BCUT2D eigenvalue weighted by molar-refractivity contribution is 5.25. The first kappa shape index (κ1) is 14.5. The summed E-state index contributed by atoms with van der Waals surface area (Å²) in [5.74, 6) is -0.283. The summed E-state index contributed by atoms with van der Waals surface area (Å²) in [5, 5.41) is 7.28. The SMILES string of the molecule is CC(C)NCc1ccc(F)c(COc2ncn(C)n2)c1. The van der Waals surface area contributed by atoms with Gasteiger partial charge in [-0.3, -0.25) is 4.68 Å². The van der Waals surface area contributed by atoms with E-state index in [1.165, 1.54) is 17.1 Å². The summed E-state index contributed by atoms with van der Waals surface area (Å²) in [4.78, 5) is 3.94. The summed E-state index contributed by atoms with van der Waals surface area (Å²) in [5.41, 5.74) is 1.52. The molecule has 0 atom stereocenters. The molecule has 0 saturated heterocycles. The number of hydrogen-bond acceptors (Lipinski definition) is 4. The summed E-state index contributed by atoms with van der Waals surface area (Å²) < 4.78 is 20.6. The number of halogens is 1. The van der Waals surface area contributed by atoms with Crippen molar-refractivity contribution in [3.05, 3.63) is 41.5 Å². The molecular formula is C14H19FN4O. The van der Waals surface area contributed by atoms with Crippen molar-refractivity contribution in [3.63, 3.8) is 0 Å². The zero-order valence-electron chi connectivity index (χ0n) is 11.9. The van der Waals surface area contributed by atoms with E-state index in [0.29, 0.717) is 18.2 Å². The Bertz CT molecular complexity index is 568. The summed E-state index contributed by atoms with van der Waals surface area (Å²) in [6, 6.07) is 5.66. The average molecular weight is 278 g/mol. The van der Waals surface area contributed by atoms with Crippen LogP contribution in [0.2, 0.25) is 0 Å². The summed E-state index contributed by atoms with van der Waals surface area (Å²) in [6.45, 7) is 4.96. The standard InChI is InChI=1S/C14H19FN4O/c1-10(2)16-7-11-4-5-13(15)12(6-11)8-20-14-17-9-19(3)18-14/h4-6,9-10,16H,7-8H2,1-3H3. The van der Waals surface area contributed by atoms with Crippen molar-refractivity contribution in [3.8, 4) is 6.01 Å². The molecule has 2 rings (SSSR count). The fraction of sp³-hybridized carbons (Fsp3) is 0.429. The van der Waals surface area contributed by atoms with Gasteiger partial charge in [0.05, 0.1) is 0 Å². The van der Waals surface area contributed by atoms with Gasteiger partial charge in [0.15, 0.2) is 0 Å². The van der Waals surface area contributed by atoms with Gasteiger partial charge >= 0.3 is 6.01 Å². The van der Waals surface area contributed by atoms with E-state index in [-0.39, 0.29) is 18.4 Å². The second-order valence-corrected chi connectivity index (χ2v) is 4.95. The summed E-state index contributed by atoms with van der Waals surface area (Å²) in [6.07, 6.45) is 1.54.